The van der Waals surface area contributed by atoms with Gasteiger partial charge in [-0.1, -0.05) is 39.3 Å². The number of ether oxygens (including phenoxy) is 1. The Balaban J connectivity index is 2.90. The van der Waals surface area contributed by atoms with Crippen molar-refractivity contribution < 1.29 is 9.84 Å². The molecule has 0 aliphatic rings. The van der Waals surface area contributed by atoms with E-state index in [0.717, 1.165) is 23.3 Å². The van der Waals surface area contributed by atoms with Crippen molar-refractivity contribution in [2.75, 3.05) is 7.11 Å². The zero-order valence-corrected chi connectivity index (χ0v) is 12.4. The quantitative estimate of drug-likeness (QED) is 0.871. The molecule has 0 heterocycles. The van der Waals surface area contributed by atoms with Gasteiger partial charge in [-0.2, -0.15) is 0 Å². The lowest BCUT2D eigenvalue weighted by Gasteiger charge is -2.29. The summed E-state index contributed by atoms with van der Waals surface area (Å²) in [6.45, 7) is 10.8. The first-order valence-electron chi connectivity index (χ1n) is 6.58. The zero-order chi connectivity index (χ0) is 13.9. The molecule has 0 radical (unpaired) electrons. The largest absolute Gasteiger partial charge is 0.496 e. The predicted molar refractivity (Wildman–Crippen MR) is 75.9 cm³/mol. The summed E-state index contributed by atoms with van der Waals surface area (Å²) in [6, 6.07) is 5.94. The van der Waals surface area contributed by atoms with Crippen LogP contribution in [0.15, 0.2) is 18.2 Å². The summed E-state index contributed by atoms with van der Waals surface area (Å²) in [5, 5.41) is 10.4. The molecule has 2 unspecified atom stereocenters. The van der Waals surface area contributed by atoms with Crippen molar-refractivity contribution in [1.29, 1.82) is 0 Å². The third kappa shape index (κ3) is 3.74. The molecular weight excluding hydrogens is 224 g/mol. The highest BCUT2D eigenvalue weighted by atomic mass is 16.5. The van der Waals surface area contributed by atoms with Crippen LogP contribution in [-0.4, -0.2) is 12.2 Å². The van der Waals surface area contributed by atoms with E-state index in [0.29, 0.717) is 5.92 Å². The van der Waals surface area contributed by atoms with Crippen molar-refractivity contribution in [2.24, 2.45) is 11.3 Å². The van der Waals surface area contributed by atoms with Gasteiger partial charge in [0.1, 0.15) is 5.75 Å². The first kappa shape index (κ1) is 15.0. The molecule has 0 amide bonds. The maximum Gasteiger partial charge on any atom is 0.124 e. The highest BCUT2D eigenvalue weighted by Gasteiger charge is 2.24. The normalized spacial score (nSPS) is 15.3. The van der Waals surface area contributed by atoms with Crippen LogP contribution >= 0.6 is 0 Å². The molecule has 0 aliphatic carbocycles. The van der Waals surface area contributed by atoms with E-state index in [9.17, 15) is 5.11 Å². The average Bonchev–Trinajstić information content (AvgIpc) is 2.27. The first-order valence-corrected chi connectivity index (χ1v) is 6.58. The molecule has 1 rings (SSSR count). The van der Waals surface area contributed by atoms with Crippen LogP contribution in [0.5, 0.6) is 5.75 Å². The van der Waals surface area contributed by atoms with Gasteiger partial charge in [0.05, 0.1) is 13.2 Å². The van der Waals surface area contributed by atoms with E-state index in [4.69, 9.17) is 4.74 Å². The third-order valence-corrected chi connectivity index (χ3v) is 3.80. The van der Waals surface area contributed by atoms with Gasteiger partial charge in [0.25, 0.3) is 0 Å². The van der Waals surface area contributed by atoms with Gasteiger partial charge >= 0.3 is 0 Å². The van der Waals surface area contributed by atoms with Crippen LogP contribution in [0.2, 0.25) is 0 Å². The van der Waals surface area contributed by atoms with E-state index in [1.54, 1.807) is 7.11 Å². The maximum absolute atomic E-state index is 10.4. The Kier molecular flexibility index (Phi) is 4.80. The summed E-state index contributed by atoms with van der Waals surface area (Å²) in [5.41, 5.74) is 2.25. The number of hydrogen-bond donors (Lipinski definition) is 1. The van der Waals surface area contributed by atoms with E-state index < -0.39 is 6.10 Å². The molecule has 2 atom stereocenters. The Morgan fingerprint density at radius 3 is 2.39 bits per heavy atom. The van der Waals surface area contributed by atoms with Crippen molar-refractivity contribution >= 4 is 0 Å². The van der Waals surface area contributed by atoms with Gasteiger partial charge in [-0.15, -0.1) is 0 Å². The second kappa shape index (κ2) is 5.75. The summed E-state index contributed by atoms with van der Waals surface area (Å²) in [6.07, 6.45) is 0.289. The molecule has 0 spiro atoms. The topological polar surface area (TPSA) is 29.5 Å². The number of aryl methyl sites for hydroxylation is 1. The van der Waals surface area contributed by atoms with Gasteiger partial charge in [-0.25, -0.2) is 0 Å². The fourth-order valence-corrected chi connectivity index (χ4v) is 1.93. The molecule has 18 heavy (non-hydrogen) atoms. The van der Waals surface area contributed by atoms with E-state index in [2.05, 4.69) is 27.7 Å². The predicted octanol–water partition coefficient (Wildman–Crippen LogP) is 4.11. The minimum Gasteiger partial charge on any atom is -0.496 e. The summed E-state index contributed by atoms with van der Waals surface area (Å²) in [7, 11) is 1.65. The van der Waals surface area contributed by atoms with Gasteiger partial charge in [-0.05, 0) is 36.8 Å². The van der Waals surface area contributed by atoms with Crippen molar-refractivity contribution in [3.63, 3.8) is 0 Å². The minimum absolute atomic E-state index is 0.206. The number of aliphatic hydroxyl groups is 1. The lowest BCUT2D eigenvalue weighted by Crippen LogP contribution is -2.20. The van der Waals surface area contributed by atoms with E-state index in [-0.39, 0.29) is 5.41 Å². The third-order valence-electron chi connectivity index (χ3n) is 3.80. The second-order valence-electron chi connectivity index (χ2n) is 6.26. The molecule has 0 bridgehead atoms. The Hall–Kier alpha value is -1.02. The number of rotatable bonds is 4. The Bertz CT molecular complexity index is 391. The molecule has 0 saturated heterocycles. The molecule has 102 valence electrons. The highest BCUT2D eigenvalue weighted by Crippen LogP contribution is 2.36. The standard InChI is InChI=1S/C16H26O2/c1-11-7-8-15(18-6)13(9-11)14(17)10-12(2)16(3,4)5/h7-9,12,14,17H,10H2,1-6H3. The molecule has 2 nitrogen and oxygen atoms in total. The summed E-state index contributed by atoms with van der Waals surface area (Å²) >= 11 is 0. The molecule has 2 heteroatoms. The molecule has 0 saturated carbocycles. The maximum atomic E-state index is 10.4. The molecular formula is C16H26O2. The number of methoxy groups -OCH3 is 1. The second-order valence-corrected chi connectivity index (χ2v) is 6.26. The number of aliphatic hydroxyl groups excluding tert-OH is 1. The van der Waals surface area contributed by atoms with Gasteiger partial charge in [0, 0.05) is 5.56 Å². The highest BCUT2D eigenvalue weighted by molar-refractivity contribution is 5.38. The lowest BCUT2D eigenvalue weighted by atomic mass is 9.78. The van der Waals surface area contributed by atoms with Crippen LogP contribution in [0.3, 0.4) is 0 Å². The van der Waals surface area contributed by atoms with Gasteiger partial charge < -0.3 is 9.84 Å². The van der Waals surface area contributed by atoms with Gasteiger partial charge in [-0.3, -0.25) is 0 Å². The SMILES string of the molecule is COc1ccc(C)cc1C(O)CC(C)C(C)(C)C. The molecule has 0 aliphatic heterocycles. The molecule has 1 aromatic carbocycles. The van der Waals surface area contributed by atoms with Crippen LogP contribution < -0.4 is 4.74 Å². The van der Waals surface area contributed by atoms with E-state index in [1.807, 2.05) is 25.1 Å². The summed E-state index contributed by atoms with van der Waals surface area (Å²) < 4.78 is 5.33. The van der Waals surface area contributed by atoms with E-state index in [1.165, 1.54) is 0 Å². The molecule has 1 N–H and O–H groups in total. The van der Waals surface area contributed by atoms with Crippen molar-refractivity contribution in [1.82, 2.24) is 0 Å². The van der Waals surface area contributed by atoms with Crippen LogP contribution in [0.4, 0.5) is 0 Å². The van der Waals surface area contributed by atoms with Gasteiger partial charge in [0.15, 0.2) is 0 Å². The molecule has 1 aromatic rings. The van der Waals surface area contributed by atoms with Crippen LogP contribution in [0, 0.1) is 18.3 Å². The number of hydrogen-bond acceptors (Lipinski definition) is 2. The fraction of sp³-hybridized carbons (Fsp3) is 0.625. The first-order chi connectivity index (χ1) is 8.25. The van der Waals surface area contributed by atoms with Crippen molar-refractivity contribution in [2.45, 2.75) is 47.1 Å². The van der Waals surface area contributed by atoms with Crippen molar-refractivity contribution in [3.8, 4) is 5.75 Å². The number of benzene rings is 1. The minimum atomic E-state index is -0.464. The lowest BCUT2D eigenvalue weighted by molar-refractivity contribution is 0.108. The summed E-state index contributed by atoms with van der Waals surface area (Å²) in [4.78, 5) is 0. The molecule has 0 aromatic heterocycles. The zero-order valence-electron chi connectivity index (χ0n) is 12.4. The smallest absolute Gasteiger partial charge is 0.124 e. The Morgan fingerprint density at radius 1 is 1.28 bits per heavy atom. The van der Waals surface area contributed by atoms with E-state index >= 15 is 0 Å². The van der Waals surface area contributed by atoms with Crippen LogP contribution in [-0.2, 0) is 0 Å². The Labute approximate surface area is 111 Å². The fourth-order valence-electron chi connectivity index (χ4n) is 1.93. The van der Waals surface area contributed by atoms with Crippen LogP contribution in [0.25, 0.3) is 0 Å². The average molecular weight is 250 g/mol. The van der Waals surface area contributed by atoms with Crippen molar-refractivity contribution in [3.05, 3.63) is 29.3 Å². The molecule has 0 fully saturated rings. The Morgan fingerprint density at radius 2 is 1.89 bits per heavy atom. The van der Waals surface area contributed by atoms with Crippen LogP contribution in [0.1, 0.15) is 51.3 Å². The summed E-state index contributed by atoms with van der Waals surface area (Å²) in [5.74, 6) is 1.21. The van der Waals surface area contributed by atoms with Gasteiger partial charge in [0.2, 0.25) is 0 Å². The monoisotopic (exact) mass is 250 g/mol.